The van der Waals surface area contributed by atoms with Crippen molar-refractivity contribution in [2.24, 2.45) is 0 Å². The molecule has 0 saturated carbocycles. The van der Waals surface area contributed by atoms with Gasteiger partial charge in [-0.15, -0.1) is 0 Å². The van der Waals surface area contributed by atoms with Gasteiger partial charge in [0.15, 0.2) is 6.10 Å². The number of nitrogens with one attached hydrogen (secondary N) is 2. The number of imide groups is 1. The average Bonchev–Trinajstić information content (AvgIpc) is 2.56. The quantitative estimate of drug-likeness (QED) is 0.516. The number of aromatic nitrogens is 3. The second-order valence-corrected chi connectivity index (χ2v) is 2.50. The van der Waals surface area contributed by atoms with Crippen LogP contribution in [0.2, 0.25) is 0 Å². The fourth-order valence-electron chi connectivity index (χ4n) is 1.03. The summed E-state index contributed by atoms with van der Waals surface area (Å²) in [4.78, 5) is 21.9. The lowest BCUT2D eigenvalue weighted by molar-refractivity contribution is -0.150. The van der Waals surface area contributed by atoms with Gasteiger partial charge in [-0.1, -0.05) is 0 Å². The first-order valence-corrected chi connectivity index (χ1v) is 3.58. The fraction of sp³-hybridized carbons (Fsp3) is 0.333. The van der Waals surface area contributed by atoms with Gasteiger partial charge in [-0.25, -0.2) is 0 Å². The van der Waals surface area contributed by atoms with Gasteiger partial charge in [0.05, 0.1) is 6.20 Å². The molecular weight excluding hydrogens is 176 g/mol. The highest BCUT2D eigenvalue weighted by Crippen LogP contribution is 2.15. The maximum atomic E-state index is 11.2. The molecule has 1 aromatic heterocycles. The van der Waals surface area contributed by atoms with Gasteiger partial charge in [0.1, 0.15) is 12.3 Å². The number of hydrogen-bond acceptors (Lipinski definition) is 5. The summed E-state index contributed by atoms with van der Waals surface area (Å²) >= 11 is 0. The van der Waals surface area contributed by atoms with E-state index in [4.69, 9.17) is 4.74 Å². The Morgan fingerprint density at radius 3 is 3.00 bits per heavy atom. The van der Waals surface area contributed by atoms with Crippen molar-refractivity contribution in [3.63, 3.8) is 0 Å². The van der Waals surface area contributed by atoms with Gasteiger partial charge in [0.25, 0.3) is 11.8 Å². The third-order valence-corrected chi connectivity index (χ3v) is 1.58. The summed E-state index contributed by atoms with van der Waals surface area (Å²) in [5.74, 6) is -0.949. The first-order chi connectivity index (χ1) is 6.27. The average molecular weight is 182 g/mol. The molecule has 1 aliphatic rings. The molecule has 0 spiro atoms. The summed E-state index contributed by atoms with van der Waals surface area (Å²) in [7, 11) is 0. The Morgan fingerprint density at radius 1 is 1.54 bits per heavy atom. The van der Waals surface area contributed by atoms with Crippen molar-refractivity contribution >= 4 is 11.8 Å². The van der Waals surface area contributed by atoms with Crippen molar-refractivity contribution in [1.29, 1.82) is 0 Å². The monoisotopic (exact) mass is 182 g/mol. The smallest absolute Gasteiger partial charge is 0.262 e. The minimum absolute atomic E-state index is 0.136. The Labute approximate surface area is 72.5 Å². The maximum Gasteiger partial charge on any atom is 0.262 e. The predicted octanol–water partition coefficient (Wildman–Crippen LogP) is -1.48. The van der Waals surface area contributed by atoms with Gasteiger partial charge in [-0.05, 0) is 0 Å². The lowest BCUT2D eigenvalue weighted by Gasteiger charge is -2.18. The van der Waals surface area contributed by atoms with Crippen molar-refractivity contribution in [2.75, 3.05) is 6.61 Å². The third kappa shape index (κ3) is 1.41. The summed E-state index contributed by atoms with van der Waals surface area (Å²) in [6, 6.07) is 0. The Hall–Kier alpha value is -1.76. The van der Waals surface area contributed by atoms with Crippen molar-refractivity contribution in [3.8, 4) is 0 Å². The molecule has 2 amide bonds. The van der Waals surface area contributed by atoms with Crippen LogP contribution in [0.5, 0.6) is 0 Å². The molecule has 0 radical (unpaired) electrons. The van der Waals surface area contributed by atoms with E-state index in [0.29, 0.717) is 5.69 Å². The van der Waals surface area contributed by atoms with Crippen molar-refractivity contribution < 1.29 is 14.3 Å². The molecule has 2 N–H and O–H groups in total. The first kappa shape index (κ1) is 7.87. The van der Waals surface area contributed by atoms with Crippen molar-refractivity contribution in [3.05, 3.63) is 11.9 Å². The Morgan fingerprint density at radius 2 is 2.38 bits per heavy atom. The molecule has 68 valence electrons. The number of ether oxygens (including phenoxy) is 1. The summed E-state index contributed by atoms with van der Waals surface area (Å²) in [6.45, 7) is -0.136. The number of hydrogen-bond donors (Lipinski definition) is 2. The topological polar surface area (TPSA) is 97.0 Å². The number of nitrogens with zero attached hydrogens (tertiary/aromatic N) is 2. The van der Waals surface area contributed by atoms with Crippen LogP contribution in [0.1, 0.15) is 11.8 Å². The number of amides is 2. The lowest BCUT2D eigenvalue weighted by atomic mass is 10.2. The molecule has 1 aliphatic heterocycles. The zero-order valence-corrected chi connectivity index (χ0v) is 6.48. The minimum atomic E-state index is -0.837. The Bertz CT molecular complexity index is 334. The van der Waals surface area contributed by atoms with Crippen LogP contribution in [-0.2, 0) is 14.3 Å². The highest BCUT2D eigenvalue weighted by atomic mass is 16.5. The molecule has 7 nitrogen and oxygen atoms in total. The van der Waals surface area contributed by atoms with E-state index in [2.05, 4.69) is 20.7 Å². The Kier molecular flexibility index (Phi) is 1.78. The maximum absolute atomic E-state index is 11.2. The standard InChI is InChI=1S/C6H6N4O3/c11-4-2-13-5(6(12)8-4)3-1-7-10-9-3/h1,5H,2H2,(H,7,9,10)(H,8,11,12). The third-order valence-electron chi connectivity index (χ3n) is 1.58. The number of rotatable bonds is 1. The SMILES string of the molecule is O=C1COC(c2cn[nH]n2)C(=O)N1. The van der Waals surface area contributed by atoms with Crippen molar-refractivity contribution in [2.45, 2.75) is 6.10 Å². The van der Waals surface area contributed by atoms with Crippen molar-refractivity contribution in [1.82, 2.24) is 20.7 Å². The molecule has 2 rings (SSSR count). The second kappa shape index (κ2) is 2.94. The fourth-order valence-corrected chi connectivity index (χ4v) is 1.03. The zero-order valence-electron chi connectivity index (χ0n) is 6.48. The van der Waals surface area contributed by atoms with Gasteiger partial charge in [-0.3, -0.25) is 14.9 Å². The molecule has 1 atom stereocenters. The number of aromatic amines is 1. The molecule has 1 unspecified atom stereocenters. The molecule has 0 bridgehead atoms. The predicted molar refractivity (Wildman–Crippen MR) is 38.2 cm³/mol. The van der Waals surface area contributed by atoms with Gasteiger partial charge >= 0.3 is 0 Å². The van der Waals surface area contributed by atoms with E-state index in [9.17, 15) is 9.59 Å². The van der Waals surface area contributed by atoms with Crippen LogP contribution in [0.15, 0.2) is 6.20 Å². The van der Waals surface area contributed by atoms with E-state index in [0.717, 1.165) is 0 Å². The number of H-pyrrole nitrogens is 1. The van der Waals surface area contributed by atoms with Crippen LogP contribution < -0.4 is 5.32 Å². The van der Waals surface area contributed by atoms with Crippen LogP contribution in [-0.4, -0.2) is 33.8 Å². The Balaban J connectivity index is 2.17. The summed E-state index contributed by atoms with van der Waals surface area (Å²) in [5.41, 5.74) is 0.366. The summed E-state index contributed by atoms with van der Waals surface area (Å²) in [6.07, 6.45) is 0.538. The molecule has 1 saturated heterocycles. The molecular formula is C6H6N4O3. The zero-order chi connectivity index (χ0) is 9.26. The molecule has 0 aliphatic carbocycles. The van der Waals surface area contributed by atoms with Gasteiger partial charge in [0.2, 0.25) is 0 Å². The number of morpholine rings is 1. The molecule has 1 aromatic rings. The molecule has 0 aromatic carbocycles. The van der Waals surface area contributed by atoms with E-state index in [1.54, 1.807) is 0 Å². The first-order valence-electron chi connectivity index (χ1n) is 3.58. The highest BCUT2D eigenvalue weighted by molar-refractivity contribution is 5.99. The van der Waals surface area contributed by atoms with Gasteiger partial charge < -0.3 is 4.74 Å². The molecule has 13 heavy (non-hydrogen) atoms. The highest BCUT2D eigenvalue weighted by Gasteiger charge is 2.30. The van der Waals surface area contributed by atoms with Crippen LogP contribution in [0.25, 0.3) is 0 Å². The van der Waals surface area contributed by atoms with E-state index in [-0.39, 0.29) is 6.61 Å². The van der Waals surface area contributed by atoms with Crippen LogP contribution in [0.4, 0.5) is 0 Å². The number of carbonyl (C=O) groups excluding carboxylic acids is 2. The summed E-state index contributed by atoms with van der Waals surface area (Å²) in [5, 5.41) is 11.7. The van der Waals surface area contributed by atoms with E-state index in [1.165, 1.54) is 6.20 Å². The van der Waals surface area contributed by atoms with E-state index >= 15 is 0 Å². The van der Waals surface area contributed by atoms with Crippen LogP contribution in [0, 0.1) is 0 Å². The minimum Gasteiger partial charge on any atom is -0.352 e. The van der Waals surface area contributed by atoms with Gasteiger partial charge in [-0.2, -0.15) is 15.4 Å². The summed E-state index contributed by atoms with van der Waals surface area (Å²) < 4.78 is 4.96. The molecule has 2 heterocycles. The van der Waals surface area contributed by atoms with Gasteiger partial charge in [0, 0.05) is 0 Å². The van der Waals surface area contributed by atoms with Crippen LogP contribution >= 0.6 is 0 Å². The van der Waals surface area contributed by atoms with Crippen LogP contribution in [0.3, 0.4) is 0 Å². The largest absolute Gasteiger partial charge is 0.352 e. The second-order valence-electron chi connectivity index (χ2n) is 2.50. The molecule has 7 heteroatoms. The lowest BCUT2D eigenvalue weighted by Crippen LogP contribution is -2.43. The number of carbonyl (C=O) groups is 2. The molecule has 1 fully saturated rings. The van der Waals surface area contributed by atoms with E-state index < -0.39 is 17.9 Å². The normalized spacial score (nSPS) is 22.9. The van der Waals surface area contributed by atoms with E-state index in [1.807, 2.05) is 0 Å².